The summed E-state index contributed by atoms with van der Waals surface area (Å²) in [6.07, 6.45) is 3.51. The maximum absolute atomic E-state index is 14.4. The number of rotatable bonds is 6. The highest BCUT2D eigenvalue weighted by Gasteiger charge is 2.25. The second kappa shape index (κ2) is 8.95. The van der Waals surface area contributed by atoms with E-state index in [1.165, 1.54) is 19.1 Å². The fourth-order valence-corrected chi connectivity index (χ4v) is 3.54. The molecular formula is C22H24F4O2. The second-order valence-electron chi connectivity index (χ2n) is 7.34. The molecule has 28 heavy (non-hydrogen) atoms. The molecule has 0 aliphatic carbocycles. The summed E-state index contributed by atoms with van der Waals surface area (Å²) in [6.45, 7) is 3.67. The van der Waals surface area contributed by atoms with Crippen LogP contribution in [0.2, 0.25) is 0 Å². The van der Waals surface area contributed by atoms with Gasteiger partial charge in [0.05, 0.1) is 12.7 Å². The molecular weight excluding hydrogens is 372 g/mol. The highest BCUT2D eigenvalue weighted by atomic mass is 19.1. The van der Waals surface area contributed by atoms with E-state index < -0.39 is 29.0 Å². The van der Waals surface area contributed by atoms with Crippen molar-refractivity contribution in [2.24, 2.45) is 5.92 Å². The Balaban J connectivity index is 1.69. The maximum Gasteiger partial charge on any atom is 0.191 e. The van der Waals surface area contributed by atoms with E-state index in [2.05, 4.69) is 6.92 Å². The molecule has 3 rings (SSSR count). The fraction of sp³-hybridized carbons (Fsp3) is 0.455. The van der Waals surface area contributed by atoms with Gasteiger partial charge in [0.25, 0.3) is 0 Å². The summed E-state index contributed by atoms with van der Waals surface area (Å²) in [7, 11) is 0. The number of hydrogen-bond acceptors (Lipinski definition) is 2. The summed E-state index contributed by atoms with van der Waals surface area (Å²) < 4.78 is 67.0. The lowest BCUT2D eigenvalue weighted by atomic mass is 9.92. The highest BCUT2D eigenvalue weighted by molar-refractivity contribution is 5.33. The zero-order chi connectivity index (χ0) is 20.3. The van der Waals surface area contributed by atoms with Crippen LogP contribution in [0.4, 0.5) is 17.6 Å². The van der Waals surface area contributed by atoms with E-state index in [0.29, 0.717) is 24.5 Å². The average molecular weight is 396 g/mol. The van der Waals surface area contributed by atoms with Crippen molar-refractivity contribution < 1.29 is 27.0 Å². The summed E-state index contributed by atoms with van der Waals surface area (Å²) in [4.78, 5) is 0. The van der Waals surface area contributed by atoms with E-state index in [0.717, 1.165) is 31.4 Å². The van der Waals surface area contributed by atoms with Crippen LogP contribution >= 0.6 is 0 Å². The van der Waals surface area contributed by atoms with Crippen LogP contribution in [-0.4, -0.2) is 6.61 Å². The van der Waals surface area contributed by atoms with Gasteiger partial charge < -0.3 is 9.47 Å². The quantitative estimate of drug-likeness (QED) is 0.526. The van der Waals surface area contributed by atoms with Gasteiger partial charge in [0.15, 0.2) is 17.4 Å². The molecule has 6 heteroatoms. The predicted molar refractivity (Wildman–Crippen MR) is 98.1 cm³/mol. The molecule has 0 spiro atoms. The zero-order valence-electron chi connectivity index (χ0n) is 16.0. The number of ether oxygens (including phenoxy) is 2. The molecule has 0 radical (unpaired) electrons. The van der Waals surface area contributed by atoms with Crippen molar-refractivity contribution in [3.05, 3.63) is 64.2 Å². The van der Waals surface area contributed by atoms with Gasteiger partial charge in [-0.05, 0) is 67.5 Å². The van der Waals surface area contributed by atoms with Crippen LogP contribution in [-0.2, 0) is 11.3 Å². The number of benzene rings is 2. The predicted octanol–water partition coefficient (Wildman–Crippen LogP) is 6.40. The van der Waals surface area contributed by atoms with E-state index in [1.54, 1.807) is 0 Å². The monoisotopic (exact) mass is 396 g/mol. The normalized spacial score (nSPS) is 19.6. The first kappa shape index (κ1) is 20.6. The van der Waals surface area contributed by atoms with Gasteiger partial charge in [-0.3, -0.25) is 0 Å². The van der Waals surface area contributed by atoms with Gasteiger partial charge in [-0.15, -0.1) is 0 Å². The van der Waals surface area contributed by atoms with Crippen LogP contribution < -0.4 is 4.74 Å². The van der Waals surface area contributed by atoms with E-state index >= 15 is 0 Å². The molecule has 1 aliphatic heterocycles. The van der Waals surface area contributed by atoms with Crippen LogP contribution in [0.1, 0.15) is 55.4 Å². The van der Waals surface area contributed by atoms with Gasteiger partial charge >= 0.3 is 0 Å². The third-order valence-corrected chi connectivity index (χ3v) is 5.18. The zero-order valence-corrected chi connectivity index (χ0v) is 16.0. The van der Waals surface area contributed by atoms with Crippen molar-refractivity contribution in [1.29, 1.82) is 0 Å². The van der Waals surface area contributed by atoms with Gasteiger partial charge in [0.1, 0.15) is 18.2 Å². The molecule has 2 nitrogen and oxygen atoms in total. The maximum atomic E-state index is 14.4. The minimum Gasteiger partial charge on any atom is -0.483 e. The lowest BCUT2D eigenvalue weighted by Crippen LogP contribution is -2.20. The fourth-order valence-electron chi connectivity index (χ4n) is 3.54. The van der Waals surface area contributed by atoms with Crippen molar-refractivity contribution >= 4 is 0 Å². The van der Waals surface area contributed by atoms with E-state index in [9.17, 15) is 17.6 Å². The van der Waals surface area contributed by atoms with E-state index in [1.807, 2.05) is 0 Å². The van der Waals surface area contributed by atoms with Crippen molar-refractivity contribution in [1.82, 2.24) is 0 Å². The summed E-state index contributed by atoms with van der Waals surface area (Å²) in [5, 5.41) is 0. The van der Waals surface area contributed by atoms with E-state index in [4.69, 9.17) is 9.47 Å². The minimum atomic E-state index is -0.859. The molecule has 0 aromatic heterocycles. The molecule has 1 saturated heterocycles. The van der Waals surface area contributed by atoms with Crippen molar-refractivity contribution in [3.63, 3.8) is 0 Å². The Kier molecular flexibility index (Phi) is 6.60. The first-order chi connectivity index (χ1) is 13.4. The molecule has 2 atom stereocenters. The summed E-state index contributed by atoms with van der Waals surface area (Å²) >= 11 is 0. The molecule has 0 amide bonds. The summed E-state index contributed by atoms with van der Waals surface area (Å²) in [5.74, 6) is -3.25. The smallest absolute Gasteiger partial charge is 0.191 e. The summed E-state index contributed by atoms with van der Waals surface area (Å²) in [5.41, 5.74) is 0.477. The van der Waals surface area contributed by atoms with Crippen LogP contribution in [0.5, 0.6) is 5.75 Å². The van der Waals surface area contributed by atoms with Gasteiger partial charge in [0, 0.05) is 5.56 Å². The van der Waals surface area contributed by atoms with Gasteiger partial charge in [0.2, 0.25) is 0 Å². The first-order valence-electron chi connectivity index (χ1n) is 9.56. The Hall–Kier alpha value is -2.08. The van der Waals surface area contributed by atoms with Crippen LogP contribution in [0.3, 0.4) is 0 Å². The SMILES string of the molecule is CCCC1CC[C@@H](c2cc(F)c(OCc3cc(F)c(C)c(F)c3)c(F)c2)OC1. The molecule has 2 aromatic rings. The largest absolute Gasteiger partial charge is 0.483 e. The van der Waals surface area contributed by atoms with E-state index in [-0.39, 0.29) is 23.8 Å². The molecule has 0 N–H and O–H groups in total. The number of halogens is 4. The summed E-state index contributed by atoms with van der Waals surface area (Å²) in [6, 6.07) is 4.59. The molecule has 0 saturated carbocycles. The van der Waals surface area contributed by atoms with Crippen molar-refractivity contribution in [3.8, 4) is 5.75 Å². The Morgan fingerprint density at radius 3 is 2.14 bits per heavy atom. The Morgan fingerprint density at radius 2 is 1.61 bits per heavy atom. The highest BCUT2D eigenvalue weighted by Crippen LogP contribution is 2.35. The van der Waals surface area contributed by atoms with Crippen LogP contribution in [0, 0.1) is 36.1 Å². The molecule has 1 heterocycles. The van der Waals surface area contributed by atoms with Crippen LogP contribution in [0.15, 0.2) is 24.3 Å². The molecule has 0 bridgehead atoms. The molecule has 2 aromatic carbocycles. The molecule has 1 aliphatic rings. The third kappa shape index (κ3) is 4.66. The standard InChI is InChI=1S/C22H24F4O2/c1-3-4-14-5-6-21(27-11-14)16-9-19(25)22(20(26)10-16)28-12-15-7-17(23)13(2)18(24)8-15/h7-10,14,21H,3-6,11-12H2,1-2H3/t14?,21-/m0/s1. The average Bonchev–Trinajstić information content (AvgIpc) is 2.66. The first-order valence-corrected chi connectivity index (χ1v) is 9.56. The van der Waals surface area contributed by atoms with Crippen molar-refractivity contribution in [2.75, 3.05) is 6.61 Å². The lowest BCUT2D eigenvalue weighted by Gasteiger charge is -2.29. The second-order valence-corrected chi connectivity index (χ2v) is 7.34. The topological polar surface area (TPSA) is 18.5 Å². The van der Waals surface area contributed by atoms with Crippen LogP contribution in [0.25, 0.3) is 0 Å². The molecule has 152 valence electrons. The lowest BCUT2D eigenvalue weighted by molar-refractivity contribution is -0.0198. The Labute approximate surface area is 162 Å². The van der Waals surface area contributed by atoms with Crippen molar-refractivity contribution in [2.45, 2.75) is 52.2 Å². The van der Waals surface area contributed by atoms with Gasteiger partial charge in [-0.1, -0.05) is 13.3 Å². The molecule has 1 unspecified atom stereocenters. The van der Waals surface area contributed by atoms with Gasteiger partial charge in [-0.25, -0.2) is 17.6 Å². The number of hydrogen-bond donors (Lipinski definition) is 0. The van der Waals surface area contributed by atoms with Gasteiger partial charge in [-0.2, -0.15) is 0 Å². The third-order valence-electron chi connectivity index (χ3n) is 5.18. The molecule has 1 fully saturated rings. The Morgan fingerprint density at radius 1 is 0.964 bits per heavy atom. The Bertz CT molecular complexity index is 783. The minimum absolute atomic E-state index is 0.112.